The highest BCUT2D eigenvalue weighted by Gasteiger charge is 2.49. The summed E-state index contributed by atoms with van der Waals surface area (Å²) < 4.78 is 85.9. The molecule has 0 spiro atoms. The molecule has 7 rings (SSSR count). The van der Waals surface area contributed by atoms with E-state index < -0.39 is 46.6 Å². The Kier molecular flexibility index (Phi) is 8.63. The van der Waals surface area contributed by atoms with Crippen LogP contribution in [-0.4, -0.2) is 87.5 Å². The van der Waals surface area contributed by atoms with Crippen molar-refractivity contribution < 1.29 is 36.2 Å². The molecule has 0 saturated carbocycles. The molecule has 0 radical (unpaired) electrons. The number of hydrogen-bond donors (Lipinski definition) is 1. The number of nitrogen functional groups attached to an aromatic ring is 1. The number of benzene rings is 1. The Hall–Kier alpha value is -3.76. The van der Waals surface area contributed by atoms with Gasteiger partial charge in [-0.05, 0) is 37.9 Å². The van der Waals surface area contributed by atoms with Gasteiger partial charge in [-0.2, -0.15) is 28.2 Å². The van der Waals surface area contributed by atoms with Crippen molar-refractivity contribution in [1.82, 2.24) is 29.5 Å². The molecule has 1 unspecified atom stereocenters. The lowest BCUT2D eigenvalue weighted by Gasteiger charge is -2.33. The monoisotopic (exact) mass is 710 g/mol. The summed E-state index contributed by atoms with van der Waals surface area (Å²) in [6, 6.07) is 1.60. The van der Waals surface area contributed by atoms with Crippen molar-refractivity contribution in [2.24, 2.45) is 0 Å². The number of aromatic nitrogens is 4. The Morgan fingerprint density at radius 2 is 2.00 bits per heavy atom. The van der Waals surface area contributed by atoms with Crippen molar-refractivity contribution in [1.29, 1.82) is 0 Å². The van der Waals surface area contributed by atoms with Crippen molar-refractivity contribution >= 4 is 29.0 Å². The maximum Gasteiger partial charge on any atom is 0.416 e. The number of fused-ring (bicyclic) bond motifs is 3. The van der Waals surface area contributed by atoms with Crippen molar-refractivity contribution in [3.05, 3.63) is 56.7 Å². The number of rotatable bonds is 6. The van der Waals surface area contributed by atoms with Crippen LogP contribution >= 0.6 is 11.6 Å². The lowest BCUT2D eigenvalue weighted by molar-refractivity contribution is -0.140. The fourth-order valence-electron chi connectivity index (χ4n) is 7.57. The molecule has 3 atom stereocenters. The van der Waals surface area contributed by atoms with Gasteiger partial charge in [0.05, 0.1) is 52.5 Å². The highest BCUT2D eigenvalue weighted by atomic mass is 35.5. The van der Waals surface area contributed by atoms with E-state index in [-0.39, 0.29) is 48.8 Å². The van der Waals surface area contributed by atoms with E-state index in [0.29, 0.717) is 55.2 Å². The maximum atomic E-state index is 15.3. The van der Waals surface area contributed by atoms with Gasteiger partial charge in [0.2, 0.25) is 0 Å². The summed E-state index contributed by atoms with van der Waals surface area (Å²) in [5, 5.41) is 4.68. The quantitative estimate of drug-likeness (QED) is 0.281. The molecular weight excluding hydrogens is 675 g/mol. The number of aryl methyl sites for hydroxylation is 1. The van der Waals surface area contributed by atoms with Gasteiger partial charge < -0.3 is 25.0 Å². The molecule has 4 aliphatic rings. The Bertz CT molecular complexity index is 1790. The number of amides is 1. The summed E-state index contributed by atoms with van der Waals surface area (Å²) >= 11 is 6.72. The van der Waals surface area contributed by atoms with Crippen molar-refractivity contribution in [2.75, 3.05) is 51.0 Å². The van der Waals surface area contributed by atoms with Crippen LogP contribution in [0.25, 0.3) is 0 Å². The Balaban J connectivity index is 1.27. The Morgan fingerprint density at radius 1 is 1.20 bits per heavy atom. The summed E-state index contributed by atoms with van der Waals surface area (Å²) in [5.74, 6) is -1.14. The zero-order chi connectivity index (χ0) is 34.8. The Morgan fingerprint density at radius 3 is 2.76 bits per heavy atom. The summed E-state index contributed by atoms with van der Waals surface area (Å²) in [6.45, 7) is 2.13. The minimum Gasteiger partial charge on any atom is -0.461 e. The van der Waals surface area contributed by atoms with Crippen LogP contribution in [0.5, 0.6) is 6.01 Å². The number of halogens is 6. The van der Waals surface area contributed by atoms with Crippen LogP contribution < -0.4 is 15.4 Å². The molecule has 2 aromatic heterocycles. The van der Waals surface area contributed by atoms with E-state index >= 15 is 4.39 Å². The highest BCUT2D eigenvalue weighted by Crippen LogP contribution is 2.44. The van der Waals surface area contributed by atoms with Gasteiger partial charge in [-0.15, -0.1) is 0 Å². The van der Waals surface area contributed by atoms with E-state index in [1.54, 1.807) is 18.8 Å². The van der Waals surface area contributed by atoms with Gasteiger partial charge in [0.25, 0.3) is 5.91 Å². The van der Waals surface area contributed by atoms with Gasteiger partial charge in [-0.25, -0.2) is 8.78 Å². The Labute approximate surface area is 284 Å². The summed E-state index contributed by atoms with van der Waals surface area (Å²) in [7, 11) is 3.21. The zero-order valence-corrected chi connectivity index (χ0v) is 27.8. The maximum absolute atomic E-state index is 15.3. The lowest BCUT2D eigenvalue weighted by atomic mass is 9.94. The van der Waals surface area contributed by atoms with Crippen LogP contribution in [-0.2, 0) is 37.0 Å². The van der Waals surface area contributed by atoms with Gasteiger partial charge in [-0.1, -0.05) is 11.6 Å². The first kappa shape index (κ1) is 33.7. The largest absolute Gasteiger partial charge is 0.461 e. The number of ether oxygens (including phenoxy) is 2. The summed E-state index contributed by atoms with van der Waals surface area (Å²) in [4.78, 5) is 27.6. The number of nitrogens with zero attached hydrogens (tertiary/aromatic N) is 7. The van der Waals surface area contributed by atoms with Crippen molar-refractivity contribution in [2.45, 2.75) is 75.8 Å². The summed E-state index contributed by atoms with van der Waals surface area (Å²) in [6.07, 6.45) is -4.85. The van der Waals surface area contributed by atoms with Gasteiger partial charge in [0.15, 0.2) is 11.5 Å². The number of hydrogen-bond acceptors (Lipinski definition) is 9. The molecule has 2 saturated heterocycles. The average molecular weight is 711 g/mol. The van der Waals surface area contributed by atoms with Crippen LogP contribution in [0.2, 0.25) is 5.02 Å². The topological polar surface area (TPSA) is 115 Å². The predicted molar refractivity (Wildman–Crippen MR) is 169 cm³/mol. The second-order valence-corrected chi connectivity index (χ2v) is 13.7. The average Bonchev–Trinajstić information content (AvgIpc) is 3.62. The van der Waals surface area contributed by atoms with Crippen LogP contribution in [0.4, 0.5) is 33.5 Å². The van der Waals surface area contributed by atoms with Crippen LogP contribution in [0.3, 0.4) is 0 Å². The fourth-order valence-corrected chi connectivity index (χ4v) is 7.85. The van der Waals surface area contributed by atoms with E-state index in [1.165, 1.54) is 4.90 Å². The molecule has 2 fully saturated rings. The molecule has 2 N–H and O–H groups in total. The second-order valence-electron chi connectivity index (χ2n) is 13.4. The third-order valence-electron chi connectivity index (χ3n) is 9.97. The highest BCUT2D eigenvalue weighted by molar-refractivity contribution is 6.34. The molecule has 11 nitrogen and oxygen atoms in total. The van der Waals surface area contributed by atoms with Crippen LogP contribution in [0.1, 0.15) is 70.4 Å². The molecule has 0 aliphatic carbocycles. The first-order chi connectivity index (χ1) is 23.3. The number of carbonyl (C=O) groups is 1. The van der Waals surface area contributed by atoms with Crippen LogP contribution in [0.15, 0.2) is 12.1 Å². The van der Waals surface area contributed by atoms with Crippen molar-refractivity contribution in [3.63, 3.8) is 0 Å². The minimum absolute atomic E-state index is 0.0330. The molecule has 6 heterocycles. The molecule has 1 aromatic carbocycles. The molecule has 1 amide bonds. The van der Waals surface area contributed by atoms with Gasteiger partial charge >= 0.3 is 12.2 Å². The van der Waals surface area contributed by atoms with Gasteiger partial charge in [0.1, 0.15) is 18.6 Å². The molecule has 264 valence electrons. The predicted octanol–water partition coefficient (Wildman–Crippen LogP) is 4.95. The normalized spacial score (nSPS) is 24.0. The SMILES string of the molecule is CN(C)C(=O)c1nn2c(c1Cl)CN(c1nc(OC[C@@]34CCCN3C[C@H](F)C4)nc3c1COC(c1c(C(F)(F)F)ccc(N)c1F)C3)CCC2. The third kappa shape index (κ3) is 6.05. The van der Waals surface area contributed by atoms with E-state index in [2.05, 4.69) is 15.0 Å². The van der Waals surface area contributed by atoms with Crippen molar-refractivity contribution in [3.8, 4) is 6.01 Å². The first-order valence-corrected chi connectivity index (χ1v) is 16.5. The van der Waals surface area contributed by atoms with E-state index in [1.807, 2.05) is 4.90 Å². The fraction of sp³-hybridized carbons (Fsp3) is 0.562. The molecule has 17 heteroatoms. The zero-order valence-electron chi connectivity index (χ0n) is 27.0. The van der Waals surface area contributed by atoms with Gasteiger partial charge in [-0.3, -0.25) is 14.4 Å². The number of nitrogens with two attached hydrogens (primary N) is 1. The lowest BCUT2D eigenvalue weighted by Crippen LogP contribution is -2.43. The smallest absolute Gasteiger partial charge is 0.416 e. The number of carbonyl (C=O) groups excluding carboxylic acids is 1. The van der Waals surface area contributed by atoms with E-state index in [4.69, 9.17) is 31.8 Å². The van der Waals surface area contributed by atoms with Crippen LogP contribution in [0, 0.1) is 5.82 Å². The third-order valence-corrected chi connectivity index (χ3v) is 10.4. The molecule has 49 heavy (non-hydrogen) atoms. The minimum atomic E-state index is -4.86. The summed E-state index contributed by atoms with van der Waals surface area (Å²) in [5.41, 5.74) is 4.44. The molecule has 4 aliphatic heterocycles. The second kappa shape index (κ2) is 12.5. The molecular formula is C32H36ClF5N8O3. The van der Waals surface area contributed by atoms with Gasteiger partial charge in [0, 0.05) is 57.7 Å². The number of anilines is 2. The molecule has 3 aromatic rings. The number of alkyl halides is 4. The standard InChI is InChI=1S/C32H36ClF5N8O3/c1-43(2)29(47)27-25(33)22-14-44(8-4-10-46(22)42-27)28-18-15-48-23(24-19(32(36,37)38)5-6-20(39)26(24)35)11-21(18)40-30(41-28)49-16-31-7-3-9-45(31)13-17(34)12-31/h5-6,17,23H,3-4,7-16,39H2,1-2H3/t17-,23?,31+/m1/s1. The first-order valence-electron chi connectivity index (χ1n) is 16.2. The van der Waals surface area contributed by atoms with E-state index in [0.717, 1.165) is 31.5 Å². The molecule has 0 bridgehead atoms. The van der Waals surface area contributed by atoms with E-state index in [9.17, 15) is 22.4 Å².